The van der Waals surface area contributed by atoms with Crippen LogP contribution in [0.15, 0.2) is 39.6 Å². The fraction of sp³-hybridized carbons (Fsp3) is 0.188. The Morgan fingerprint density at radius 2 is 2.35 bits per heavy atom. The van der Waals surface area contributed by atoms with E-state index in [4.69, 9.17) is 10.3 Å². The molecule has 3 rings (SSSR count). The van der Waals surface area contributed by atoms with Gasteiger partial charge in [-0.1, -0.05) is 17.2 Å². The Morgan fingerprint density at radius 3 is 3.12 bits per heavy atom. The smallest absolute Gasteiger partial charge is 0.287 e. The van der Waals surface area contributed by atoms with Crippen LogP contribution >= 0.6 is 11.3 Å². The molecule has 0 fully saturated rings. The van der Waals surface area contributed by atoms with Crippen molar-refractivity contribution in [3.63, 3.8) is 0 Å². The van der Waals surface area contributed by atoms with Crippen molar-refractivity contribution in [2.24, 2.45) is 5.11 Å². The third-order valence-corrected chi connectivity index (χ3v) is 4.55. The number of fused-ring (bicyclic) bond motifs is 1. The van der Waals surface area contributed by atoms with Gasteiger partial charge in [0.1, 0.15) is 10.6 Å². The van der Waals surface area contributed by atoms with Gasteiger partial charge in [-0.15, -0.1) is 11.3 Å². The molecule has 26 heavy (non-hydrogen) atoms. The van der Waals surface area contributed by atoms with Gasteiger partial charge in [0.15, 0.2) is 0 Å². The summed E-state index contributed by atoms with van der Waals surface area (Å²) < 4.78 is 5.14. The highest BCUT2D eigenvalue weighted by atomic mass is 32.1. The second-order valence-corrected chi connectivity index (χ2v) is 6.14. The molecule has 0 aliphatic carbocycles. The molecule has 10 heteroatoms. The van der Waals surface area contributed by atoms with Crippen LogP contribution in [0.25, 0.3) is 20.7 Å². The first-order chi connectivity index (χ1) is 12.6. The number of hydrogen-bond acceptors (Lipinski definition) is 6. The molecule has 0 unspecified atom stereocenters. The van der Waals surface area contributed by atoms with E-state index < -0.39 is 11.5 Å². The maximum Gasteiger partial charge on any atom is 0.287 e. The lowest BCUT2D eigenvalue weighted by molar-refractivity contribution is 0.0940. The number of carbonyl (C=O) groups excluding carboxylic acids is 1. The van der Waals surface area contributed by atoms with Gasteiger partial charge in [0.25, 0.3) is 11.5 Å². The highest BCUT2D eigenvalue weighted by Crippen LogP contribution is 2.21. The lowest BCUT2D eigenvalue weighted by Crippen LogP contribution is -2.27. The van der Waals surface area contributed by atoms with Crippen LogP contribution in [-0.4, -0.2) is 23.0 Å². The average molecular weight is 370 g/mol. The topological polar surface area (TPSA) is 133 Å². The van der Waals surface area contributed by atoms with Crippen LogP contribution in [0.4, 0.5) is 0 Å². The fourth-order valence-electron chi connectivity index (χ4n) is 2.39. The molecule has 1 aromatic carbocycles. The number of thiophene rings is 1. The van der Waals surface area contributed by atoms with Crippen molar-refractivity contribution >= 4 is 27.5 Å². The van der Waals surface area contributed by atoms with Crippen molar-refractivity contribution in [3.8, 4) is 5.75 Å². The van der Waals surface area contributed by atoms with E-state index >= 15 is 0 Å². The van der Waals surface area contributed by atoms with Gasteiger partial charge in [-0.2, -0.15) is 0 Å². The molecule has 9 nitrogen and oxygen atoms in total. The Bertz CT molecular complexity index is 1070. The van der Waals surface area contributed by atoms with Gasteiger partial charge in [0.05, 0.1) is 19.0 Å². The quantitative estimate of drug-likeness (QED) is 0.392. The molecule has 0 radical (unpaired) electrons. The monoisotopic (exact) mass is 370 g/mol. The number of nitrogens with one attached hydrogen (secondary N) is 2. The number of aromatic amines is 1. The van der Waals surface area contributed by atoms with Crippen molar-refractivity contribution in [3.05, 3.63) is 67.4 Å². The van der Waals surface area contributed by atoms with Crippen molar-refractivity contribution in [2.75, 3.05) is 7.11 Å². The fourth-order valence-corrected chi connectivity index (χ4v) is 3.32. The third kappa shape index (κ3) is 3.66. The van der Waals surface area contributed by atoms with Gasteiger partial charge in [0, 0.05) is 11.5 Å². The van der Waals surface area contributed by atoms with Crippen LogP contribution in [0.5, 0.6) is 5.75 Å². The molecule has 1 amide bonds. The third-order valence-electron chi connectivity index (χ3n) is 3.63. The largest absolute Gasteiger partial charge is 0.497 e. The maximum absolute atomic E-state index is 12.3. The summed E-state index contributed by atoms with van der Waals surface area (Å²) in [5.41, 5.74) is 9.41. The van der Waals surface area contributed by atoms with Crippen LogP contribution in [-0.2, 0) is 13.1 Å². The summed E-state index contributed by atoms with van der Waals surface area (Å²) in [6.45, 7) is 0.326. The van der Waals surface area contributed by atoms with Crippen molar-refractivity contribution < 1.29 is 9.53 Å². The van der Waals surface area contributed by atoms with E-state index in [9.17, 15) is 9.59 Å². The normalized spacial score (nSPS) is 10.3. The molecule has 0 aliphatic heterocycles. The minimum Gasteiger partial charge on any atom is -0.497 e. The minimum atomic E-state index is -0.489. The molecule has 2 N–H and O–H groups in total. The lowest BCUT2D eigenvalue weighted by Gasteiger charge is -2.06. The van der Waals surface area contributed by atoms with Gasteiger partial charge < -0.3 is 15.0 Å². The van der Waals surface area contributed by atoms with Crippen LogP contribution in [0.3, 0.4) is 0 Å². The molecule has 132 valence electrons. The molecule has 2 aromatic heterocycles. The lowest BCUT2D eigenvalue weighted by atomic mass is 10.2. The number of H-pyrrole nitrogens is 1. The molecule has 0 saturated heterocycles. The highest BCUT2D eigenvalue weighted by molar-refractivity contribution is 7.16. The molecule has 0 spiro atoms. The number of methoxy groups -OCH3 is 1. The van der Waals surface area contributed by atoms with E-state index in [0.29, 0.717) is 21.5 Å². The molecule has 0 bridgehead atoms. The average Bonchev–Trinajstić information content (AvgIpc) is 3.08. The number of azide groups is 1. The molecule has 0 atom stereocenters. The number of ether oxygens (including phenoxy) is 1. The number of nitrogens with zero attached hydrogens (tertiary/aromatic N) is 4. The van der Waals surface area contributed by atoms with Crippen molar-refractivity contribution in [2.45, 2.75) is 13.1 Å². The summed E-state index contributed by atoms with van der Waals surface area (Å²) in [6, 6.07) is 7.29. The summed E-state index contributed by atoms with van der Waals surface area (Å²) >= 11 is 1.22. The molecular formula is C16H14N6O3S. The summed E-state index contributed by atoms with van der Waals surface area (Å²) in [4.78, 5) is 34.4. The Balaban J connectivity index is 1.80. The molecule has 0 saturated carbocycles. The first-order valence-electron chi connectivity index (χ1n) is 7.54. The Kier molecular flexibility index (Phi) is 5.16. The van der Waals surface area contributed by atoms with Crippen molar-refractivity contribution in [1.82, 2.24) is 15.3 Å². The van der Waals surface area contributed by atoms with Gasteiger partial charge in [-0.05, 0) is 34.2 Å². The van der Waals surface area contributed by atoms with Crippen LogP contribution in [0.1, 0.15) is 21.7 Å². The second-order valence-electron chi connectivity index (χ2n) is 5.28. The Labute approximate surface area is 151 Å². The van der Waals surface area contributed by atoms with E-state index in [-0.39, 0.29) is 18.9 Å². The molecule has 0 aliphatic rings. The second kappa shape index (κ2) is 7.68. The van der Waals surface area contributed by atoms with E-state index in [1.165, 1.54) is 11.3 Å². The zero-order chi connectivity index (χ0) is 18.5. The van der Waals surface area contributed by atoms with Gasteiger partial charge >= 0.3 is 0 Å². The Hall–Kier alpha value is -3.36. The highest BCUT2D eigenvalue weighted by Gasteiger charge is 2.15. The van der Waals surface area contributed by atoms with Gasteiger partial charge in [-0.3, -0.25) is 9.59 Å². The van der Waals surface area contributed by atoms with Crippen LogP contribution in [0, 0.1) is 0 Å². The Morgan fingerprint density at radius 1 is 1.50 bits per heavy atom. The first-order valence-corrected chi connectivity index (χ1v) is 8.42. The predicted molar refractivity (Wildman–Crippen MR) is 97.3 cm³/mol. The molecular weight excluding hydrogens is 356 g/mol. The number of amides is 1. The van der Waals surface area contributed by atoms with E-state index in [2.05, 4.69) is 25.3 Å². The number of aromatic nitrogens is 2. The summed E-state index contributed by atoms with van der Waals surface area (Å²) in [7, 11) is 1.57. The molecule has 2 heterocycles. The summed E-state index contributed by atoms with van der Waals surface area (Å²) in [6.07, 6.45) is 0. The predicted octanol–water partition coefficient (Wildman–Crippen LogP) is 2.73. The summed E-state index contributed by atoms with van der Waals surface area (Å²) in [5, 5.41) is 8.20. The summed E-state index contributed by atoms with van der Waals surface area (Å²) in [5.74, 6) is 0.134. The van der Waals surface area contributed by atoms with Gasteiger partial charge in [-0.25, -0.2) is 4.98 Å². The van der Waals surface area contributed by atoms with E-state index in [0.717, 1.165) is 5.56 Å². The standard InChI is InChI=1S/C16H14N6O3S/c1-25-11-4-2-3-9(5-11)6-18-15(24)13-20-14(23)12-10(7-19-22-17)8-26-16(12)21-13/h2-5,8H,6-7H2,1H3,(H,18,24)(H,20,21,23). The number of hydrogen-bond donors (Lipinski definition) is 2. The molecule has 3 aromatic rings. The van der Waals surface area contributed by atoms with E-state index in [1.807, 2.05) is 18.2 Å². The van der Waals surface area contributed by atoms with Crippen LogP contribution in [0.2, 0.25) is 0 Å². The maximum atomic E-state index is 12.3. The number of carbonyl (C=O) groups is 1. The number of benzene rings is 1. The SMILES string of the molecule is COc1cccc(CNC(=O)c2nc3scc(CN=[N+]=[N-])c3c(=O)[nH]2)c1. The van der Waals surface area contributed by atoms with Crippen molar-refractivity contribution in [1.29, 1.82) is 0 Å². The zero-order valence-corrected chi connectivity index (χ0v) is 14.5. The van der Waals surface area contributed by atoms with Gasteiger partial charge in [0.2, 0.25) is 5.82 Å². The number of rotatable bonds is 6. The van der Waals surface area contributed by atoms with Crippen LogP contribution < -0.4 is 15.6 Å². The zero-order valence-electron chi connectivity index (χ0n) is 13.7. The minimum absolute atomic E-state index is 0.0582. The van der Waals surface area contributed by atoms with E-state index in [1.54, 1.807) is 18.6 Å². The first kappa shape index (κ1) is 17.5.